The molecule has 0 spiro atoms. The van der Waals surface area contributed by atoms with Crippen molar-refractivity contribution in [1.82, 2.24) is 9.88 Å². The lowest BCUT2D eigenvalue weighted by Gasteiger charge is -2.15. The first-order valence-electron chi connectivity index (χ1n) is 6.82. The van der Waals surface area contributed by atoms with Crippen LogP contribution in [0, 0.1) is 0 Å². The summed E-state index contributed by atoms with van der Waals surface area (Å²) in [6.45, 7) is 0.683. The second-order valence-corrected chi connectivity index (χ2v) is 6.85. The number of thiophene rings is 1. The summed E-state index contributed by atoms with van der Waals surface area (Å²) in [5.74, 6) is 0.167. The molecule has 0 unspecified atom stereocenters. The molecule has 0 fully saturated rings. The van der Waals surface area contributed by atoms with E-state index in [-0.39, 0.29) is 5.91 Å². The van der Waals surface area contributed by atoms with Crippen molar-refractivity contribution in [3.05, 3.63) is 51.7 Å². The molecule has 2 heterocycles. The van der Waals surface area contributed by atoms with Crippen LogP contribution in [0.4, 0.5) is 0 Å². The number of fused-ring (bicyclic) bond motifs is 1. The average molecular weight is 316 g/mol. The van der Waals surface area contributed by atoms with Gasteiger partial charge in [-0.3, -0.25) is 4.79 Å². The topological polar surface area (TPSA) is 33.2 Å². The number of carbonyl (C=O) groups is 1. The van der Waals surface area contributed by atoms with E-state index < -0.39 is 0 Å². The standard InChI is InChI=1S/C16H16N2OS2/c1-18(10-12-8-9-20-11-12)16(19)7-6-15-17-13-4-2-3-5-14(13)21-15/h2-5,8-9,11H,6-7,10H2,1H3. The van der Waals surface area contributed by atoms with E-state index in [0.717, 1.165) is 10.5 Å². The van der Waals surface area contributed by atoms with Crippen molar-refractivity contribution < 1.29 is 4.79 Å². The van der Waals surface area contributed by atoms with E-state index >= 15 is 0 Å². The fraction of sp³-hybridized carbons (Fsp3) is 0.250. The van der Waals surface area contributed by atoms with Gasteiger partial charge in [0.15, 0.2) is 0 Å². The molecule has 108 valence electrons. The summed E-state index contributed by atoms with van der Waals surface area (Å²) >= 11 is 3.34. The quantitative estimate of drug-likeness (QED) is 0.714. The molecule has 3 aromatic rings. The molecule has 3 nitrogen and oxygen atoms in total. The van der Waals surface area contributed by atoms with Crippen molar-refractivity contribution in [1.29, 1.82) is 0 Å². The van der Waals surface area contributed by atoms with Crippen LogP contribution < -0.4 is 0 Å². The summed E-state index contributed by atoms with van der Waals surface area (Å²) in [6.07, 6.45) is 1.23. The van der Waals surface area contributed by atoms with Crippen LogP contribution in [0.5, 0.6) is 0 Å². The molecule has 0 radical (unpaired) electrons. The number of para-hydroxylation sites is 1. The number of aromatic nitrogens is 1. The third-order valence-electron chi connectivity index (χ3n) is 3.32. The average Bonchev–Trinajstić information content (AvgIpc) is 3.13. The molecule has 5 heteroatoms. The lowest BCUT2D eigenvalue weighted by Crippen LogP contribution is -2.26. The molecular weight excluding hydrogens is 300 g/mol. The highest BCUT2D eigenvalue weighted by Crippen LogP contribution is 2.22. The van der Waals surface area contributed by atoms with Gasteiger partial charge in [-0.1, -0.05) is 12.1 Å². The Hall–Kier alpha value is -1.72. The second kappa shape index (κ2) is 6.37. The van der Waals surface area contributed by atoms with Crippen LogP contribution in [0.2, 0.25) is 0 Å². The molecule has 0 N–H and O–H groups in total. The molecule has 3 rings (SSSR count). The molecule has 0 aliphatic heterocycles. The molecule has 0 aliphatic rings. The largest absolute Gasteiger partial charge is 0.341 e. The summed E-state index contributed by atoms with van der Waals surface area (Å²) in [5, 5.41) is 5.15. The molecule has 0 saturated carbocycles. The number of amides is 1. The van der Waals surface area contributed by atoms with E-state index in [1.165, 1.54) is 10.3 Å². The van der Waals surface area contributed by atoms with Crippen molar-refractivity contribution in [2.75, 3.05) is 7.05 Å². The van der Waals surface area contributed by atoms with Gasteiger partial charge < -0.3 is 4.90 Å². The van der Waals surface area contributed by atoms with Gasteiger partial charge in [0.1, 0.15) is 0 Å². The van der Waals surface area contributed by atoms with Crippen LogP contribution in [0.3, 0.4) is 0 Å². The van der Waals surface area contributed by atoms with Gasteiger partial charge in [0, 0.05) is 26.4 Å². The molecule has 21 heavy (non-hydrogen) atoms. The van der Waals surface area contributed by atoms with Gasteiger partial charge in [0.05, 0.1) is 15.2 Å². The van der Waals surface area contributed by atoms with Gasteiger partial charge >= 0.3 is 0 Å². The predicted octanol–water partition coefficient (Wildman–Crippen LogP) is 3.95. The van der Waals surface area contributed by atoms with Gasteiger partial charge in [-0.25, -0.2) is 4.98 Å². The van der Waals surface area contributed by atoms with Crippen molar-refractivity contribution in [2.24, 2.45) is 0 Å². The maximum atomic E-state index is 12.2. The minimum absolute atomic E-state index is 0.167. The highest BCUT2D eigenvalue weighted by molar-refractivity contribution is 7.18. The lowest BCUT2D eigenvalue weighted by molar-refractivity contribution is -0.130. The Bertz CT molecular complexity index is 701. The monoisotopic (exact) mass is 316 g/mol. The maximum Gasteiger partial charge on any atom is 0.223 e. The third kappa shape index (κ3) is 3.49. The highest BCUT2D eigenvalue weighted by Gasteiger charge is 2.11. The fourth-order valence-electron chi connectivity index (χ4n) is 2.18. The molecule has 1 amide bonds. The number of rotatable bonds is 5. The van der Waals surface area contributed by atoms with Crippen LogP contribution in [0.15, 0.2) is 41.1 Å². The Kier molecular flexibility index (Phi) is 4.31. The number of nitrogens with zero attached hydrogens (tertiary/aromatic N) is 2. The first-order valence-corrected chi connectivity index (χ1v) is 8.58. The summed E-state index contributed by atoms with van der Waals surface area (Å²) in [4.78, 5) is 18.5. The zero-order valence-corrected chi connectivity index (χ0v) is 13.4. The Labute approximate surface area is 131 Å². The van der Waals surface area contributed by atoms with E-state index in [4.69, 9.17) is 0 Å². The molecule has 0 saturated heterocycles. The van der Waals surface area contributed by atoms with E-state index in [0.29, 0.717) is 19.4 Å². The Morgan fingerprint density at radius 1 is 1.29 bits per heavy atom. The number of carbonyl (C=O) groups excluding carboxylic acids is 1. The summed E-state index contributed by atoms with van der Waals surface area (Å²) in [6, 6.07) is 10.2. The van der Waals surface area contributed by atoms with Crippen LogP contribution >= 0.6 is 22.7 Å². The molecule has 1 aromatic carbocycles. The van der Waals surface area contributed by atoms with E-state index in [1.807, 2.05) is 30.6 Å². The second-order valence-electron chi connectivity index (χ2n) is 4.96. The third-order valence-corrected chi connectivity index (χ3v) is 5.14. The normalized spacial score (nSPS) is 10.9. The summed E-state index contributed by atoms with van der Waals surface area (Å²) < 4.78 is 1.19. The lowest BCUT2D eigenvalue weighted by atomic mass is 10.2. The molecule has 0 atom stereocenters. The SMILES string of the molecule is CN(Cc1ccsc1)C(=O)CCc1nc2ccccc2s1. The fourth-order valence-corrected chi connectivity index (χ4v) is 3.80. The van der Waals surface area contributed by atoms with Gasteiger partial charge in [-0.15, -0.1) is 11.3 Å². The summed E-state index contributed by atoms with van der Waals surface area (Å²) in [5.41, 5.74) is 2.22. The van der Waals surface area contributed by atoms with Crippen LogP contribution in [-0.4, -0.2) is 22.8 Å². The number of aryl methyl sites for hydroxylation is 1. The Balaban J connectivity index is 1.57. The van der Waals surface area contributed by atoms with E-state index in [1.54, 1.807) is 27.6 Å². The minimum atomic E-state index is 0.167. The van der Waals surface area contributed by atoms with Crippen molar-refractivity contribution in [3.8, 4) is 0 Å². The number of benzene rings is 1. The zero-order valence-electron chi connectivity index (χ0n) is 11.8. The minimum Gasteiger partial charge on any atom is -0.341 e. The van der Waals surface area contributed by atoms with Gasteiger partial charge in [0.2, 0.25) is 5.91 Å². The predicted molar refractivity (Wildman–Crippen MR) is 88.7 cm³/mol. The van der Waals surface area contributed by atoms with E-state index in [9.17, 15) is 4.79 Å². The van der Waals surface area contributed by atoms with Crippen LogP contribution in [-0.2, 0) is 17.8 Å². The van der Waals surface area contributed by atoms with Crippen molar-refractivity contribution in [3.63, 3.8) is 0 Å². The number of thiazole rings is 1. The maximum absolute atomic E-state index is 12.2. The Morgan fingerprint density at radius 3 is 2.90 bits per heavy atom. The van der Waals surface area contributed by atoms with E-state index in [2.05, 4.69) is 22.5 Å². The molecular formula is C16H16N2OS2. The van der Waals surface area contributed by atoms with Crippen LogP contribution in [0.1, 0.15) is 17.0 Å². The molecule has 0 aliphatic carbocycles. The first kappa shape index (κ1) is 14.2. The zero-order chi connectivity index (χ0) is 14.7. The molecule has 2 aromatic heterocycles. The summed E-state index contributed by atoms with van der Waals surface area (Å²) in [7, 11) is 1.86. The van der Waals surface area contributed by atoms with Gasteiger partial charge in [-0.05, 0) is 34.5 Å². The van der Waals surface area contributed by atoms with Gasteiger partial charge in [0.25, 0.3) is 0 Å². The van der Waals surface area contributed by atoms with Crippen molar-refractivity contribution >= 4 is 38.8 Å². The molecule has 0 bridgehead atoms. The Morgan fingerprint density at radius 2 is 2.14 bits per heavy atom. The first-order chi connectivity index (χ1) is 10.2. The van der Waals surface area contributed by atoms with Crippen LogP contribution in [0.25, 0.3) is 10.2 Å². The smallest absolute Gasteiger partial charge is 0.223 e. The number of hydrogen-bond acceptors (Lipinski definition) is 4. The van der Waals surface area contributed by atoms with Gasteiger partial charge in [-0.2, -0.15) is 11.3 Å². The van der Waals surface area contributed by atoms with Crippen molar-refractivity contribution in [2.45, 2.75) is 19.4 Å². The highest BCUT2D eigenvalue weighted by atomic mass is 32.1. The number of hydrogen-bond donors (Lipinski definition) is 0.